The van der Waals surface area contributed by atoms with Gasteiger partial charge in [0.2, 0.25) is 0 Å². The number of hydrogen-bond acceptors (Lipinski definition) is 3. The lowest BCUT2D eigenvalue weighted by molar-refractivity contribution is 0.598. The Balaban J connectivity index is 2.32. The van der Waals surface area contributed by atoms with Crippen molar-refractivity contribution in [1.82, 2.24) is 0 Å². The summed E-state index contributed by atoms with van der Waals surface area (Å²) < 4.78 is 41.1. The minimum absolute atomic E-state index is 0.0310. The summed E-state index contributed by atoms with van der Waals surface area (Å²) >= 11 is 7.94. The van der Waals surface area contributed by atoms with Gasteiger partial charge in [0, 0.05) is 10.0 Å². The van der Waals surface area contributed by atoms with Crippen molar-refractivity contribution in [1.29, 1.82) is 0 Å². The molecule has 2 aromatic carbocycles. The predicted molar refractivity (Wildman–Crippen MR) is 87.2 cm³/mol. The minimum Gasteiger partial charge on any atom is -0.389 e. The summed E-state index contributed by atoms with van der Waals surface area (Å²) in [6.45, 7) is 0. The van der Waals surface area contributed by atoms with Crippen LogP contribution in [0.15, 0.2) is 51.8 Å². The van der Waals surface area contributed by atoms with Crippen LogP contribution in [0.1, 0.15) is 5.56 Å². The zero-order chi connectivity index (χ0) is 15.6. The first kappa shape index (κ1) is 15.9. The number of nitrogens with one attached hydrogen (secondary N) is 1. The van der Waals surface area contributed by atoms with Crippen molar-refractivity contribution >= 4 is 48.8 Å². The van der Waals surface area contributed by atoms with E-state index in [-0.39, 0.29) is 15.6 Å². The van der Waals surface area contributed by atoms with Gasteiger partial charge in [0.05, 0.1) is 10.6 Å². The Bertz CT molecular complexity index is 792. The second-order valence-electron chi connectivity index (χ2n) is 4.12. The van der Waals surface area contributed by atoms with Crippen molar-refractivity contribution < 1.29 is 12.8 Å². The van der Waals surface area contributed by atoms with Crippen LogP contribution in [0.2, 0.25) is 0 Å². The quantitative estimate of drug-likeness (QED) is 0.789. The molecule has 0 heterocycles. The summed E-state index contributed by atoms with van der Waals surface area (Å²) in [7, 11) is -3.86. The van der Waals surface area contributed by atoms with E-state index in [0.717, 1.165) is 10.5 Å². The van der Waals surface area contributed by atoms with Crippen LogP contribution in [0.3, 0.4) is 0 Å². The van der Waals surface area contributed by atoms with Crippen LogP contribution in [0.4, 0.5) is 10.1 Å². The van der Waals surface area contributed by atoms with Crippen LogP contribution in [-0.4, -0.2) is 13.4 Å². The van der Waals surface area contributed by atoms with Crippen LogP contribution in [0.5, 0.6) is 0 Å². The average Bonchev–Trinajstić information content (AvgIpc) is 2.41. The molecule has 0 fully saturated rings. The maximum absolute atomic E-state index is 13.9. The highest BCUT2D eigenvalue weighted by atomic mass is 79.9. The molecule has 110 valence electrons. The van der Waals surface area contributed by atoms with E-state index in [9.17, 15) is 12.8 Å². The lowest BCUT2D eigenvalue weighted by atomic mass is 10.2. The van der Waals surface area contributed by atoms with Crippen molar-refractivity contribution in [2.45, 2.75) is 4.90 Å². The Morgan fingerprint density at radius 1 is 1.19 bits per heavy atom. The molecule has 8 heteroatoms. The summed E-state index contributed by atoms with van der Waals surface area (Å²) in [5.74, 6) is -0.749. The van der Waals surface area contributed by atoms with Gasteiger partial charge < -0.3 is 5.73 Å². The number of rotatable bonds is 4. The summed E-state index contributed by atoms with van der Waals surface area (Å²) in [5, 5.41) is 0. The number of anilines is 1. The van der Waals surface area contributed by atoms with Gasteiger partial charge in [-0.25, -0.2) is 12.8 Å². The van der Waals surface area contributed by atoms with Crippen molar-refractivity contribution in [3.63, 3.8) is 0 Å². The van der Waals surface area contributed by atoms with Gasteiger partial charge in [-0.2, -0.15) is 0 Å². The van der Waals surface area contributed by atoms with Crippen molar-refractivity contribution in [3.05, 3.63) is 58.3 Å². The van der Waals surface area contributed by atoms with Crippen LogP contribution < -0.4 is 10.5 Å². The first-order valence-electron chi connectivity index (χ1n) is 5.67. The Morgan fingerprint density at radius 3 is 2.33 bits per heavy atom. The lowest BCUT2D eigenvalue weighted by Gasteiger charge is -2.10. The molecule has 0 amide bonds. The molecule has 0 unspecified atom stereocenters. The van der Waals surface area contributed by atoms with E-state index in [1.54, 1.807) is 12.1 Å². The van der Waals surface area contributed by atoms with Crippen molar-refractivity contribution in [2.24, 2.45) is 5.73 Å². The molecule has 0 radical (unpaired) electrons. The first-order valence-corrected chi connectivity index (χ1v) is 8.36. The molecule has 0 atom stereocenters. The number of thiocarbonyl (C=S) groups is 1. The van der Waals surface area contributed by atoms with Gasteiger partial charge in [-0.1, -0.05) is 28.1 Å². The predicted octanol–water partition coefficient (Wildman–Crippen LogP) is 3.02. The molecule has 21 heavy (non-hydrogen) atoms. The second kappa shape index (κ2) is 6.08. The maximum atomic E-state index is 13.9. The minimum atomic E-state index is -3.86. The highest BCUT2D eigenvalue weighted by molar-refractivity contribution is 9.10. The molecule has 0 aliphatic rings. The molecule has 2 aromatic rings. The molecular formula is C13H10BrFN2O2S2. The summed E-state index contributed by atoms with van der Waals surface area (Å²) in [6.07, 6.45) is 0. The molecule has 4 nitrogen and oxygen atoms in total. The normalized spacial score (nSPS) is 11.1. The number of nitrogens with two attached hydrogens (primary N) is 1. The van der Waals surface area contributed by atoms with Gasteiger partial charge in [-0.05, 0) is 42.5 Å². The third kappa shape index (κ3) is 3.78. The van der Waals surface area contributed by atoms with Gasteiger partial charge >= 0.3 is 0 Å². The maximum Gasteiger partial charge on any atom is 0.261 e. The van der Waals surface area contributed by atoms with E-state index >= 15 is 0 Å². The van der Waals surface area contributed by atoms with E-state index < -0.39 is 15.8 Å². The first-order chi connectivity index (χ1) is 9.79. The molecule has 0 aromatic heterocycles. The molecule has 0 bridgehead atoms. The number of halogens is 2. The molecule has 2 rings (SSSR count). The SMILES string of the molecule is NC(=S)c1ccc(NS(=O)(=O)c2ccc(Br)cc2)c(F)c1. The molecule has 0 saturated heterocycles. The molecular weight excluding hydrogens is 379 g/mol. The van der Waals surface area contributed by atoms with E-state index in [1.165, 1.54) is 24.3 Å². The van der Waals surface area contributed by atoms with Crippen molar-refractivity contribution in [2.75, 3.05) is 4.72 Å². The fourth-order valence-corrected chi connectivity index (χ4v) is 3.03. The van der Waals surface area contributed by atoms with E-state index in [0.29, 0.717) is 5.56 Å². The third-order valence-corrected chi connectivity index (χ3v) is 4.77. The third-order valence-electron chi connectivity index (χ3n) is 2.62. The van der Waals surface area contributed by atoms with Gasteiger partial charge in [0.15, 0.2) is 0 Å². The Labute approximate surface area is 135 Å². The van der Waals surface area contributed by atoms with E-state index in [2.05, 4.69) is 20.7 Å². The molecule has 3 N–H and O–H groups in total. The van der Waals surface area contributed by atoms with E-state index in [1.807, 2.05) is 0 Å². The summed E-state index contributed by atoms with van der Waals surface area (Å²) in [5.41, 5.74) is 5.55. The Hall–Kier alpha value is -1.51. The van der Waals surface area contributed by atoms with Crippen LogP contribution in [-0.2, 0) is 10.0 Å². The second-order valence-corrected chi connectivity index (χ2v) is 7.16. The lowest BCUT2D eigenvalue weighted by Crippen LogP contribution is -2.15. The smallest absolute Gasteiger partial charge is 0.261 e. The van der Waals surface area contributed by atoms with Crippen LogP contribution in [0, 0.1) is 5.82 Å². The Kier molecular flexibility index (Phi) is 4.60. The Morgan fingerprint density at radius 2 is 1.81 bits per heavy atom. The van der Waals surface area contributed by atoms with Crippen molar-refractivity contribution in [3.8, 4) is 0 Å². The fraction of sp³-hybridized carbons (Fsp3) is 0. The van der Waals surface area contributed by atoms with Gasteiger partial charge in [-0.15, -0.1) is 0 Å². The fourth-order valence-electron chi connectivity index (χ4n) is 1.57. The van der Waals surface area contributed by atoms with Gasteiger partial charge in [-0.3, -0.25) is 4.72 Å². The average molecular weight is 389 g/mol. The summed E-state index contributed by atoms with van der Waals surface area (Å²) in [6, 6.07) is 9.80. The van der Waals surface area contributed by atoms with Crippen LogP contribution >= 0.6 is 28.1 Å². The number of benzene rings is 2. The topological polar surface area (TPSA) is 72.2 Å². The molecule has 0 spiro atoms. The highest BCUT2D eigenvalue weighted by Gasteiger charge is 2.16. The monoisotopic (exact) mass is 388 g/mol. The summed E-state index contributed by atoms with van der Waals surface area (Å²) in [4.78, 5) is 0.0692. The van der Waals surface area contributed by atoms with Crippen LogP contribution in [0.25, 0.3) is 0 Å². The number of hydrogen-bond donors (Lipinski definition) is 2. The zero-order valence-electron chi connectivity index (χ0n) is 10.5. The van der Waals surface area contributed by atoms with Gasteiger partial charge in [0.25, 0.3) is 10.0 Å². The standard InChI is InChI=1S/C13H10BrFN2O2S2/c14-9-2-4-10(5-3-9)21(18,19)17-12-6-1-8(13(16)20)7-11(12)15/h1-7,17H,(H2,16,20). The zero-order valence-corrected chi connectivity index (χ0v) is 13.7. The number of sulfonamides is 1. The largest absolute Gasteiger partial charge is 0.389 e. The molecule has 0 aliphatic carbocycles. The molecule has 0 aliphatic heterocycles. The highest BCUT2D eigenvalue weighted by Crippen LogP contribution is 2.21. The van der Waals surface area contributed by atoms with E-state index in [4.69, 9.17) is 18.0 Å². The molecule has 0 saturated carbocycles. The van der Waals surface area contributed by atoms with Gasteiger partial charge in [0.1, 0.15) is 10.8 Å².